The zero-order valence-corrected chi connectivity index (χ0v) is 22.7. The summed E-state index contributed by atoms with van der Waals surface area (Å²) in [7, 11) is 1.33. The van der Waals surface area contributed by atoms with Crippen molar-refractivity contribution in [1.29, 1.82) is 0 Å². The van der Waals surface area contributed by atoms with E-state index in [-0.39, 0.29) is 22.2 Å². The number of hydrogen-bond acceptors (Lipinski definition) is 10. The molecule has 0 atom stereocenters. The second kappa shape index (κ2) is 11.9. The molecule has 1 aliphatic rings. The molecule has 0 aliphatic carbocycles. The maximum Gasteiger partial charge on any atom is 0.318 e. The average molecular weight is 579 g/mol. The van der Waals surface area contributed by atoms with E-state index in [0.717, 1.165) is 34.2 Å². The van der Waals surface area contributed by atoms with Crippen molar-refractivity contribution in [2.24, 2.45) is 0 Å². The van der Waals surface area contributed by atoms with E-state index in [9.17, 15) is 34.6 Å². The van der Waals surface area contributed by atoms with Crippen molar-refractivity contribution in [2.45, 2.75) is 13.8 Å². The van der Waals surface area contributed by atoms with Gasteiger partial charge in [0.25, 0.3) is 16.8 Å². The van der Waals surface area contributed by atoms with Gasteiger partial charge >= 0.3 is 5.69 Å². The summed E-state index contributed by atoms with van der Waals surface area (Å²) in [6.45, 7) is 3.25. The van der Waals surface area contributed by atoms with E-state index >= 15 is 0 Å². The lowest BCUT2D eigenvalue weighted by Crippen LogP contribution is -2.36. The molecular weight excluding hydrogens is 556 g/mol. The lowest BCUT2D eigenvalue weighted by Gasteiger charge is -2.14. The minimum Gasteiger partial charge on any atom is -0.493 e. The van der Waals surface area contributed by atoms with Crippen molar-refractivity contribution in [3.05, 3.63) is 96.4 Å². The number of benzene rings is 3. The third-order valence-electron chi connectivity index (χ3n) is 5.90. The highest BCUT2D eigenvalue weighted by Gasteiger charge is 2.36. The number of nitro benzene ring substituents is 2. The predicted molar refractivity (Wildman–Crippen MR) is 150 cm³/mol. The molecule has 0 unspecified atom stereocenters. The highest BCUT2D eigenvalue weighted by atomic mass is 32.2. The number of imide groups is 1. The summed E-state index contributed by atoms with van der Waals surface area (Å²) in [4.78, 5) is 59.8. The third kappa shape index (κ3) is 6.50. The summed E-state index contributed by atoms with van der Waals surface area (Å²) in [6.07, 6.45) is 1.44. The van der Waals surface area contributed by atoms with Crippen LogP contribution in [-0.2, 0) is 9.59 Å². The van der Waals surface area contributed by atoms with Crippen LogP contribution in [-0.4, -0.2) is 45.5 Å². The Balaban J connectivity index is 1.51. The van der Waals surface area contributed by atoms with Gasteiger partial charge in [0.1, 0.15) is 6.54 Å². The molecule has 41 heavy (non-hydrogen) atoms. The molecule has 13 nitrogen and oxygen atoms in total. The molecule has 210 valence electrons. The summed E-state index contributed by atoms with van der Waals surface area (Å²) in [5.74, 6) is -1.20. The number of aryl methyl sites for hydroxylation is 2. The fourth-order valence-electron chi connectivity index (χ4n) is 3.82. The Morgan fingerprint density at radius 3 is 2.39 bits per heavy atom. The Hall–Kier alpha value is -5.24. The number of nitrogens with one attached hydrogen (secondary N) is 1. The number of amides is 3. The van der Waals surface area contributed by atoms with Crippen molar-refractivity contribution < 1.29 is 33.7 Å². The Bertz CT molecular complexity index is 1640. The van der Waals surface area contributed by atoms with Gasteiger partial charge in [-0.1, -0.05) is 18.2 Å². The van der Waals surface area contributed by atoms with Crippen LogP contribution in [0.5, 0.6) is 17.2 Å². The fraction of sp³-hybridized carbons (Fsp3) is 0.148. The van der Waals surface area contributed by atoms with Crippen LogP contribution in [0.2, 0.25) is 0 Å². The van der Waals surface area contributed by atoms with Crippen LogP contribution in [0.15, 0.2) is 59.5 Å². The number of nitro groups is 2. The summed E-state index contributed by atoms with van der Waals surface area (Å²) in [5.41, 5.74) is 1.73. The van der Waals surface area contributed by atoms with Gasteiger partial charge in [0.2, 0.25) is 11.7 Å². The van der Waals surface area contributed by atoms with E-state index in [1.165, 1.54) is 31.4 Å². The average Bonchev–Trinajstić information content (AvgIpc) is 3.18. The van der Waals surface area contributed by atoms with Crippen LogP contribution in [0.3, 0.4) is 0 Å². The number of methoxy groups -OCH3 is 1. The van der Waals surface area contributed by atoms with Gasteiger partial charge in [-0.25, -0.2) is 0 Å². The van der Waals surface area contributed by atoms with Crippen molar-refractivity contribution in [3.63, 3.8) is 0 Å². The summed E-state index contributed by atoms with van der Waals surface area (Å²) >= 11 is 0.676. The molecule has 0 bridgehead atoms. The van der Waals surface area contributed by atoms with Crippen molar-refractivity contribution in [3.8, 4) is 17.2 Å². The highest BCUT2D eigenvalue weighted by Crippen LogP contribution is 2.39. The predicted octanol–water partition coefficient (Wildman–Crippen LogP) is 5.60. The maximum atomic E-state index is 12.9. The summed E-state index contributed by atoms with van der Waals surface area (Å²) in [5, 5.41) is 24.5. The number of ether oxygens (including phenoxy) is 2. The molecule has 1 saturated heterocycles. The van der Waals surface area contributed by atoms with Crippen LogP contribution in [0, 0.1) is 34.1 Å². The number of carbonyl (C=O) groups is 3. The zero-order chi connectivity index (χ0) is 29.8. The zero-order valence-electron chi connectivity index (χ0n) is 21.9. The van der Waals surface area contributed by atoms with E-state index in [1.807, 2.05) is 26.0 Å². The molecule has 1 fully saturated rings. The van der Waals surface area contributed by atoms with Gasteiger partial charge in [-0.15, -0.1) is 0 Å². The monoisotopic (exact) mass is 578 g/mol. The normalized spacial score (nSPS) is 13.8. The number of rotatable bonds is 9. The largest absolute Gasteiger partial charge is 0.493 e. The molecule has 1 N–H and O–H groups in total. The second-order valence-electron chi connectivity index (χ2n) is 8.81. The molecule has 3 amide bonds. The van der Waals surface area contributed by atoms with E-state index in [4.69, 9.17) is 9.47 Å². The molecule has 14 heteroatoms. The van der Waals surface area contributed by atoms with Crippen LogP contribution in [0.25, 0.3) is 6.08 Å². The van der Waals surface area contributed by atoms with Gasteiger partial charge in [0.15, 0.2) is 11.5 Å². The van der Waals surface area contributed by atoms with Gasteiger partial charge in [-0.3, -0.25) is 39.5 Å². The van der Waals surface area contributed by atoms with Gasteiger partial charge < -0.3 is 14.8 Å². The first-order valence-corrected chi connectivity index (χ1v) is 12.7. The molecule has 3 aromatic rings. The number of anilines is 1. The Labute approximate surface area is 237 Å². The maximum absolute atomic E-state index is 12.9. The van der Waals surface area contributed by atoms with Crippen LogP contribution in [0.1, 0.15) is 16.7 Å². The Morgan fingerprint density at radius 2 is 1.71 bits per heavy atom. The quantitative estimate of drug-likeness (QED) is 0.191. The number of nitrogens with zero attached hydrogens (tertiary/aromatic N) is 3. The van der Waals surface area contributed by atoms with E-state index in [0.29, 0.717) is 23.0 Å². The van der Waals surface area contributed by atoms with E-state index < -0.39 is 44.8 Å². The third-order valence-corrected chi connectivity index (χ3v) is 6.81. The topological polar surface area (TPSA) is 171 Å². The first-order chi connectivity index (χ1) is 19.5. The summed E-state index contributed by atoms with van der Waals surface area (Å²) < 4.78 is 11.0. The van der Waals surface area contributed by atoms with Crippen LogP contribution < -0.4 is 14.8 Å². The van der Waals surface area contributed by atoms with Crippen LogP contribution >= 0.6 is 11.8 Å². The lowest BCUT2D eigenvalue weighted by molar-refractivity contribution is -0.394. The molecule has 4 rings (SSSR count). The molecule has 0 saturated carbocycles. The van der Waals surface area contributed by atoms with Crippen molar-refractivity contribution in [2.75, 3.05) is 19.0 Å². The number of carbonyl (C=O) groups excluding carboxylic acids is 3. The highest BCUT2D eigenvalue weighted by molar-refractivity contribution is 8.18. The molecule has 0 aromatic heterocycles. The Morgan fingerprint density at radius 1 is 0.976 bits per heavy atom. The van der Waals surface area contributed by atoms with Gasteiger partial charge in [0.05, 0.1) is 27.9 Å². The number of thioether (sulfide) groups is 1. The van der Waals surface area contributed by atoms with Crippen molar-refractivity contribution in [1.82, 2.24) is 4.90 Å². The van der Waals surface area contributed by atoms with Gasteiger partial charge in [-0.05, 0) is 72.6 Å². The number of non-ortho nitro benzene ring substituents is 1. The molecular formula is C27H22N4O9S. The van der Waals surface area contributed by atoms with Crippen molar-refractivity contribution >= 4 is 52.0 Å². The minimum absolute atomic E-state index is 0.0674. The Kier molecular flexibility index (Phi) is 8.33. The van der Waals surface area contributed by atoms with E-state index in [1.54, 1.807) is 6.07 Å². The molecule has 0 spiro atoms. The molecule has 1 aliphatic heterocycles. The fourth-order valence-corrected chi connectivity index (χ4v) is 4.65. The van der Waals surface area contributed by atoms with E-state index in [2.05, 4.69) is 5.32 Å². The number of hydrogen-bond donors (Lipinski definition) is 1. The first-order valence-electron chi connectivity index (χ1n) is 11.9. The second-order valence-corrected chi connectivity index (χ2v) is 9.81. The molecule has 3 aromatic carbocycles. The van der Waals surface area contributed by atoms with Gasteiger partial charge in [0, 0.05) is 11.8 Å². The summed E-state index contributed by atoms with van der Waals surface area (Å²) in [6, 6.07) is 12.9. The minimum atomic E-state index is -0.804. The first kappa shape index (κ1) is 28.8. The molecule has 0 radical (unpaired) electrons. The lowest BCUT2D eigenvalue weighted by atomic mass is 10.1. The SMILES string of the molecule is COc1cc(/C=C2/SC(=O)N(CC(=O)Nc3cc(C)ccc3C)C2=O)ccc1Oc1ccc([N+](=O)[O-])cc1[N+](=O)[O-]. The standard InChI is InChI=1S/C27H22N4O9S/c1-15-4-5-16(2)19(10-15)28-25(32)14-29-26(33)24(41-27(29)34)12-17-6-8-22(23(11-17)39-3)40-21-9-7-18(30(35)36)13-20(21)31(37)38/h4-13H,14H2,1-3H3,(H,28,32)/b24-12+. The van der Waals surface area contributed by atoms with Gasteiger partial charge in [-0.2, -0.15) is 0 Å². The molecule has 1 heterocycles. The van der Waals surface area contributed by atoms with Crippen LogP contribution in [0.4, 0.5) is 21.9 Å². The smallest absolute Gasteiger partial charge is 0.318 e.